The Morgan fingerprint density at radius 3 is 2.64 bits per heavy atom. The molecule has 0 saturated carbocycles. The van der Waals surface area contributed by atoms with Crippen molar-refractivity contribution in [1.82, 2.24) is 14.3 Å². The van der Waals surface area contributed by atoms with Gasteiger partial charge in [0, 0.05) is 18.9 Å². The smallest absolute Gasteiger partial charge is 0.316 e. The number of aryl methyl sites for hydroxylation is 1. The quantitative estimate of drug-likeness (QED) is 0.699. The second kappa shape index (κ2) is 8.83. The summed E-state index contributed by atoms with van der Waals surface area (Å²) < 4.78 is 52.2. The van der Waals surface area contributed by atoms with E-state index in [9.17, 15) is 12.8 Å². The second-order valence-electron chi connectivity index (χ2n) is 6.50. The van der Waals surface area contributed by atoms with Crippen LogP contribution >= 0.6 is 0 Å². The van der Waals surface area contributed by atoms with E-state index in [0.29, 0.717) is 26.0 Å². The zero-order chi connectivity index (χ0) is 20.1. The van der Waals surface area contributed by atoms with Crippen molar-refractivity contribution in [3.05, 3.63) is 42.0 Å². The van der Waals surface area contributed by atoms with Gasteiger partial charge in [-0.05, 0) is 49.9 Å². The summed E-state index contributed by atoms with van der Waals surface area (Å²) in [6, 6.07) is 3.93. The average molecular weight is 409 g/mol. The highest BCUT2D eigenvalue weighted by atomic mass is 32.2. The van der Waals surface area contributed by atoms with Crippen LogP contribution in [0.4, 0.5) is 4.39 Å². The van der Waals surface area contributed by atoms with Gasteiger partial charge < -0.3 is 9.47 Å². The SMILES string of the molecule is CCOc1ccc(S(=O)(=O)N2CCCC(Oc3ncc(CC)cn3)C2)cc1F. The number of benzene rings is 1. The molecule has 1 aliphatic heterocycles. The largest absolute Gasteiger partial charge is 0.491 e. The third-order valence-corrected chi connectivity index (χ3v) is 6.40. The maximum atomic E-state index is 14.1. The Morgan fingerprint density at radius 1 is 1.25 bits per heavy atom. The molecule has 1 aromatic carbocycles. The normalized spacial score (nSPS) is 18.0. The Kier molecular flexibility index (Phi) is 6.46. The van der Waals surface area contributed by atoms with Crippen molar-refractivity contribution in [2.24, 2.45) is 0 Å². The monoisotopic (exact) mass is 409 g/mol. The van der Waals surface area contributed by atoms with E-state index in [2.05, 4.69) is 9.97 Å². The minimum atomic E-state index is -3.84. The van der Waals surface area contributed by atoms with Gasteiger partial charge in [0.2, 0.25) is 10.0 Å². The molecule has 2 heterocycles. The van der Waals surface area contributed by atoms with E-state index in [0.717, 1.165) is 18.1 Å². The second-order valence-corrected chi connectivity index (χ2v) is 8.44. The molecule has 1 unspecified atom stereocenters. The summed E-state index contributed by atoms with van der Waals surface area (Å²) in [4.78, 5) is 8.23. The molecule has 3 rings (SSSR count). The van der Waals surface area contributed by atoms with Crippen molar-refractivity contribution in [1.29, 1.82) is 0 Å². The first-order valence-corrected chi connectivity index (χ1v) is 10.8. The zero-order valence-electron chi connectivity index (χ0n) is 16.0. The Bertz CT molecular complexity index is 906. The molecule has 0 aliphatic carbocycles. The summed E-state index contributed by atoms with van der Waals surface area (Å²) in [5.74, 6) is -0.661. The lowest BCUT2D eigenvalue weighted by Gasteiger charge is -2.31. The molecule has 0 N–H and O–H groups in total. The summed E-state index contributed by atoms with van der Waals surface area (Å²) in [7, 11) is -3.84. The molecule has 1 aliphatic rings. The van der Waals surface area contributed by atoms with Gasteiger partial charge in [-0.3, -0.25) is 0 Å². The molecule has 152 valence electrons. The molecule has 9 heteroatoms. The van der Waals surface area contributed by atoms with Crippen LogP contribution in [0.5, 0.6) is 11.8 Å². The van der Waals surface area contributed by atoms with Gasteiger partial charge in [-0.25, -0.2) is 22.8 Å². The summed E-state index contributed by atoms with van der Waals surface area (Å²) in [6.07, 6.45) is 5.20. The van der Waals surface area contributed by atoms with Gasteiger partial charge in [0.05, 0.1) is 18.0 Å². The highest BCUT2D eigenvalue weighted by Gasteiger charge is 2.32. The number of hydrogen-bond acceptors (Lipinski definition) is 6. The molecule has 0 amide bonds. The Balaban J connectivity index is 1.72. The molecule has 1 saturated heterocycles. The van der Waals surface area contributed by atoms with E-state index >= 15 is 0 Å². The number of sulfonamides is 1. The van der Waals surface area contributed by atoms with Crippen LogP contribution in [0.1, 0.15) is 32.3 Å². The fraction of sp³-hybridized carbons (Fsp3) is 0.474. The topological polar surface area (TPSA) is 81.6 Å². The molecule has 1 atom stereocenters. The standard InChI is InChI=1S/C19H24FN3O4S/c1-3-14-11-21-19(22-12-14)27-15-6-5-9-23(13-15)28(24,25)16-7-8-18(26-4-2)17(20)10-16/h7-8,10-12,15H,3-6,9,13H2,1-2H3. The van der Waals surface area contributed by atoms with Crippen molar-refractivity contribution in [2.75, 3.05) is 19.7 Å². The number of aromatic nitrogens is 2. The third-order valence-electron chi connectivity index (χ3n) is 4.54. The van der Waals surface area contributed by atoms with Crippen LogP contribution in [-0.4, -0.2) is 48.5 Å². The highest BCUT2D eigenvalue weighted by Crippen LogP contribution is 2.26. The van der Waals surface area contributed by atoms with Crippen LogP contribution in [-0.2, 0) is 16.4 Å². The number of nitrogens with zero attached hydrogens (tertiary/aromatic N) is 3. The van der Waals surface area contributed by atoms with E-state index in [4.69, 9.17) is 9.47 Å². The molecular weight excluding hydrogens is 385 g/mol. The van der Waals surface area contributed by atoms with E-state index in [1.807, 2.05) is 6.92 Å². The molecule has 2 aromatic rings. The summed E-state index contributed by atoms with van der Waals surface area (Å²) in [5, 5.41) is 0. The molecule has 0 radical (unpaired) electrons. The van der Waals surface area contributed by atoms with Crippen molar-refractivity contribution >= 4 is 10.0 Å². The number of piperidine rings is 1. The first-order chi connectivity index (χ1) is 13.4. The lowest BCUT2D eigenvalue weighted by Crippen LogP contribution is -2.44. The maximum absolute atomic E-state index is 14.1. The van der Waals surface area contributed by atoms with Crippen molar-refractivity contribution in [2.45, 2.75) is 44.1 Å². The third kappa shape index (κ3) is 4.59. The summed E-state index contributed by atoms with van der Waals surface area (Å²) in [6.45, 7) is 4.56. The molecule has 0 bridgehead atoms. The van der Waals surface area contributed by atoms with Gasteiger partial charge in [-0.1, -0.05) is 6.92 Å². The highest BCUT2D eigenvalue weighted by molar-refractivity contribution is 7.89. The Labute approximate surface area is 164 Å². The molecule has 0 spiro atoms. The minimum absolute atomic E-state index is 0.0361. The van der Waals surface area contributed by atoms with Crippen LogP contribution in [0.3, 0.4) is 0 Å². The van der Waals surface area contributed by atoms with Crippen molar-refractivity contribution in [3.8, 4) is 11.8 Å². The lowest BCUT2D eigenvalue weighted by molar-refractivity contribution is 0.119. The first kappa shape index (κ1) is 20.5. The van der Waals surface area contributed by atoms with E-state index in [1.165, 1.54) is 16.4 Å². The van der Waals surface area contributed by atoms with Crippen molar-refractivity contribution in [3.63, 3.8) is 0 Å². The van der Waals surface area contributed by atoms with Crippen LogP contribution < -0.4 is 9.47 Å². The van der Waals surface area contributed by atoms with Crippen LogP contribution in [0, 0.1) is 5.82 Å². The number of rotatable bonds is 7. The van der Waals surface area contributed by atoms with Gasteiger partial charge in [0.15, 0.2) is 11.6 Å². The molecule has 7 nitrogen and oxygen atoms in total. The number of ether oxygens (including phenoxy) is 2. The molecular formula is C19H24FN3O4S. The molecule has 28 heavy (non-hydrogen) atoms. The zero-order valence-corrected chi connectivity index (χ0v) is 16.8. The van der Waals surface area contributed by atoms with Gasteiger partial charge in [-0.2, -0.15) is 4.31 Å². The Morgan fingerprint density at radius 2 is 2.00 bits per heavy atom. The van der Waals surface area contributed by atoms with E-state index in [-0.39, 0.29) is 29.3 Å². The van der Waals surface area contributed by atoms with Gasteiger partial charge in [-0.15, -0.1) is 0 Å². The van der Waals surface area contributed by atoms with Gasteiger partial charge in [0.1, 0.15) is 6.10 Å². The Hall–Kier alpha value is -2.26. The van der Waals surface area contributed by atoms with Crippen molar-refractivity contribution < 1.29 is 22.3 Å². The van der Waals surface area contributed by atoms with E-state index in [1.54, 1.807) is 19.3 Å². The summed E-state index contributed by atoms with van der Waals surface area (Å²) >= 11 is 0. The van der Waals surface area contributed by atoms with Crippen LogP contribution in [0.15, 0.2) is 35.5 Å². The number of halogens is 1. The fourth-order valence-corrected chi connectivity index (χ4v) is 4.54. The maximum Gasteiger partial charge on any atom is 0.316 e. The van der Waals surface area contributed by atoms with Crippen LogP contribution in [0.2, 0.25) is 0 Å². The van der Waals surface area contributed by atoms with Gasteiger partial charge in [0.25, 0.3) is 0 Å². The average Bonchev–Trinajstić information content (AvgIpc) is 2.70. The van der Waals surface area contributed by atoms with Gasteiger partial charge >= 0.3 is 6.01 Å². The fourth-order valence-electron chi connectivity index (χ4n) is 3.02. The lowest BCUT2D eigenvalue weighted by atomic mass is 10.1. The molecule has 1 aromatic heterocycles. The summed E-state index contributed by atoms with van der Waals surface area (Å²) in [5.41, 5.74) is 0.998. The van der Waals surface area contributed by atoms with Crippen LogP contribution in [0.25, 0.3) is 0 Å². The predicted molar refractivity (Wildman–Crippen MR) is 101 cm³/mol. The molecule has 1 fully saturated rings. The number of hydrogen-bond donors (Lipinski definition) is 0. The minimum Gasteiger partial charge on any atom is -0.491 e. The predicted octanol–water partition coefficient (Wildman–Crippen LogP) is 2.81. The van der Waals surface area contributed by atoms with E-state index < -0.39 is 15.8 Å². The first-order valence-electron chi connectivity index (χ1n) is 9.34.